The van der Waals surface area contributed by atoms with E-state index in [4.69, 9.17) is 4.74 Å². The van der Waals surface area contributed by atoms with E-state index in [0.29, 0.717) is 0 Å². The Morgan fingerprint density at radius 1 is 0.653 bits per heavy atom. The van der Waals surface area contributed by atoms with Crippen molar-refractivity contribution < 1.29 is 85.4 Å². The number of hydrogen-bond donors (Lipinski definition) is 0. The highest BCUT2D eigenvalue weighted by Gasteiger charge is 2.73. The van der Waals surface area contributed by atoms with Crippen molar-refractivity contribution in [1.29, 1.82) is 0 Å². The lowest BCUT2D eigenvalue weighted by Crippen LogP contribution is -2.52. The lowest BCUT2D eigenvalue weighted by atomic mass is 9.93. The number of hydroxylamine groups is 2. The second-order valence-corrected chi connectivity index (χ2v) is 11.2. The molecular formula is C29H21F14NO5. The molecule has 2 aromatic rings. The number of hydrogen-bond acceptors (Lipinski definition) is 5. The summed E-state index contributed by atoms with van der Waals surface area (Å²) in [7, 11) is 0. The van der Waals surface area contributed by atoms with Gasteiger partial charge in [0.05, 0.1) is 0 Å². The molecule has 1 aliphatic heterocycles. The van der Waals surface area contributed by atoms with E-state index in [1.165, 1.54) is 12.1 Å². The first-order chi connectivity index (χ1) is 22.3. The highest BCUT2D eigenvalue weighted by Crippen LogP contribution is 2.51. The normalized spacial score (nSPS) is 16.2. The number of imide groups is 1. The van der Waals surface area contributed by atoms with Crippen molar-refractivity contribution in [3.05, 3.63) is 58.7 Å². The van der Waals surface area contributed by atoms with E-state index in [0.717, 1.165) is 24.3 Å². The topological polar surface area (TPSA) is 72.9 Å². The average Bonchev–Trinajstić information content (AvgIpc) is 3.47. The SMILES string of the molecule is O=C(OCC1c2cc(CCC(F)(F)C(F)(F)C(F)(F)F)ccc2-c2ccc(CCC(F)(F)C(F)(F)C(F)(F)F)cc21)ON1C(=O)CCC1=O. The molecule has 0 spiro atoms. The molecule has 4 rings (SSSR count). The van der Waals surface area contributed by atoms with E-state index in [1.54, 1.807) is 0 Å². The minimum absolute atomic E-state index is 0.0607. The molecule has 0 atom stereocenters. The van der Waals surface area contributed by atoms with E-state index >= 15 is 0 Å². The molecule has 2 aromatic carbocycles. The van der Waals surface area contributed by atoms with Crippen LogP contribution in [0, 0.1) is 0 Å². The summed E-state index contributed by atoms with van der Waals surface area (Å²) < 4.78 is 190. The van der Waals surface area contributed by atoms with E-state index in [9.17, 15) is 75.8 Å². The number of carbonyl (C=O) groups is 3. The number of alkyl halides is 14. The molecule has 6 nitrogen and oxygen atoms in total. The van der Waals surface area contributed by atoms with E-state index in [-0.39, 0.29) is 51.3 Å². The molecule has 2 aliphatic rings. The van der Waals surface area contributed by atoms with Gasteiger partial charge in [-0.15, -0.1) is 0 Å². The summed E-state index contributed by atoms with van der Waals surface area (Å²) in [6, 6.07) is 6.81. The molecule has 0 aromatic heterocycles. The van der Waals surface area contributed by atoms with Crippen molar-refractivity contribution in [2.45, 2.75) is 80.5 Å². The number of benzene rings is 2. The van der Waals surface area contributed by atoms with Gasteiger partial charge < -0.3 is 4.74 Å². The summed E-state index contributed by atoms with van der Waals surface area (Å²) in [5, 5.41) is 0.114. The monoisotopic (exact) mass is 729 g/mol. The first-order valence-corrected chi connectivity index (χ1v) is 13.9. The Hall–Kier alpha value is -4.13. The van der Waals surface area contributed by atoms with Crippen LogP contribution in [0.1, 0.15) is 53.9 Å². The standard InChI is InChI=1S/C29H21F14NO5/c30-24(31,26(34,35)28(38,39)40)9-7-14-1-3-16-17-4-2-15(8-10-25(32,33)27(36,37)29(41,42)43)12-19(17)20(18(16)11-14)13-48-23(47)49-44-21(45)5-6-22(44)46/h1-4,11-12,20H,5-10,13H2. The predicted molar refractivity (Wildman–Crippen MR) is 136 cm³/mol. The number of halogens is 14. The predicted octanol–water partition coefficient (Wildman–Crippen LogP) is 8.55. The van der Waals surface area contributed by atoms with Crippen molar-refractivity contribution in [3.8, 4) is 11.1 Å². The molecule has 1 saturated heterocycles. The summed E-state index contributed by atoms with van der Waals surface area (Å²) in [5.74, 6) is -26.8. The molecule has 1 fully saturated rings. The Bertz CT molecular complexity index is 1510. The third-order valence-corrected chi connectivity index (χ3v) is 7.90. The van der Waals surface area contributed by atoms with Crippen LogP contribution in [-0.2, 0) is 32.0 Å². The zero-order valence-electron chi connectivity index (χ0n) is 24.3. The lowest BCUT2D eigenvalue weighted by Gasteiger charge is -2.28. The van der Waals surface area contributed by atoms with Crippen LogP contribution in [0.25, 0.3) is 11.1 Å². The van der Waals surface area contributed by atoms with Gasteiger partial charge in [-0.1, -0.05) is 41.5 Å². The maximum Gasteiger partial charge on any atom is 0.533 e. The van der Waals surface area contributed by atoms with Gasteiger partial charge in [-0.2, -0.15) is 61.5 Å². The van der Waals surface area contributed by atoms with Crippen LogP contribution in [0.2, 0.25) is 0 Å². The summed E-state index contributed by atoms with van der Waals surface area (Å²) in [4.78, 5) is 40.3. The van der Waals surface area contributed by atoms with Crippen molar-refractivity contribution in [3.63, 3.8) is 0 Å². The summed E-state index contributed by atoms with van der Waals surface area (Å²) in [6.07, 6.45) is -21.4. The molecule has 0 saturated carbocycles. The van der Waals surface area contributed by atoms with E-state index in [1.807, 2.05) is 0 Å². The van der Waals surface area contributed by atoms with Gasteiger partial charge in [0.25, 0.3) is 11.8 Å². The maximum atomic E-state index is 14.0. The Kier molecular flexibility index (Phi) is 9.72. The van der Waals surface area contributed by atoms with Gasteiger partial charge in [0, 0.05) is 31.6 Å². The molecule has 2 amide bonds. The van der Waals surface area contributed by atoms with Crippen LogP contribution in [0.4, 0.5) is 66.3 Å². The second kappa shape index (κ2) is 12.6. The molecule has 0 unspecified atom stereocenters. The quantitative estimate of drug-likeness (QED) is 0.132. The van der Waals surface area contributed by atoms with Gasteiger partial charge in [-0.25, -0.2) is 4.79 Å². The number of aryl methyl sites for hydroxylation is 2. The highest BCUT2D eigenvalue weighted by atomic mass is 19.4. The van der Waals surface area contributed by atoms with E-state index < -0.39 is 92.2 Å². The van der Waals surface area contributed by atoms with Crippen LogP contribution in [0.5, 0.6) is 0 Å². The summed E-state index contributed by atoms with van der Waals surface area (Å²) in [5.41, 5.74) is 0.145. The number of nitrogens with zero attached hydrogens (tertiary/aromatic N) is 1. The molecule has 0 radical (unpaired) electrons. The van der Waals surface area contributed by atoms with Gasteiger partial charge in [-0.3, -0.25) is 14.4 Å². The van der Waals surface area contributed by atoms with Crippen LogP contribution in [-0.4, -0.2) is 65.7 Å². The molecule has 1 heterocycles. The van der Waals surface area contributed by atoms with E-state index in [2.05, 4.69) is 4.84 Å². The van der Waals surface area contributed by atoms with Crippen molar-refractivity contribution in [1.82, 2.24) is 5.06 Å². The smallest absolute Gasteiger partial charge is 0.432 e. The van der Waals surface area contributed by atoms with Crippen LogP contribution in [0.3, 0.4) is 0 Å². The first-order valence-electron chi connectivity index (χ1n) is 13.9. The Labute approximate surface area is 265 Å². The number of amides is 2. The Morgan fingerprint density at radius 3 is 1.41 bits per heavy atom. The Morgan fingerprint density at radius 2 is 1.04 bits per heavy atom. The van der Waals surface area contributed by atoms with Gasteiger partial charge in [0.1, 0.15) is 6.61 Å². The van der Waals surface area contributed by atoms with Gasteiger partial charge in [0.15, 0.2) is 0 Å². The zero-order valence-corrected chi connectivity index (χ0v) is 24.3. The number of fused-ring (bicyclic) bond motifs is 3. The third kappa shape index (κ3) is 7.13. The number of carbonyl (C=O) groups excluding carboxylic acids is 3. The minimum atomic E-state index is -6.57. The average molecular weight is 729 g/mol. The fourth-order valence-corrected chi connectivity index (χ4v) is 5.19. The van der Waals surface area contributed by atoms with Crippen molar-refractivity contribution in [2.75, 3.05) is 6.61 Å². The number of rotatable bonds is 11. The maximum absolute atomic E-state index is 14.0. The highest BCUT2D eigenvalue weighted by molar-refractivity contribution is 6.01. The Balaban J connectivity index is 1.62. The summed E-state index contributed by atoms with van der Waals surface area (Å²) in [6.45, 7) is -0.785. The largest absolute Gasteiger partial charge is 0.533 e. The fourth-order valence-electron chi connectivity index (χ4n) is 5.19. The molecule has 1 aliphatic carbocycles. The molecular weight excluding hydrogens is 708 g/mol. The van der Waals surface area contributed by atoms with Gasteiger partial charge in [-0.05, 0) is 46.2 Å². The third-order valence-electron chi connectivity index (χ3n) is 7.90. The van der Waals surface area contributed by atoms with Crippen molar-refractivity contribution in [2.24, 2.45) is 0 Å². The molecule has 270 valence electrons. The van der Waals surface area contributed by atoms with Gasteiger partial charge in [0.2, 0.25) is 0 Å². The second-order valence-electron chi connectivity index (χ2n) is 11.2. The summed E-state index contributed by atoms with van der Waals surface area (Å²) >= 11 is 0. The lowest BCUT2D eigenvalue weighted by molar-refractivity contribution is -0.355. The first kappa shape index (κ1) is 37.7. The fraction of sp³-hybridized carbons (Fsp3) is 0.483. The van der Waals surface area contributed by atoms with Crippen LogP contribution in [0.15, 0.2) is 36.4 Å². The molecule has 49 heavy (non-hydrogen) atoms. The molecule has 0 bridgehead atoms. The molecule has 20 heteroatoms. The zero-order chi connectivity index (χ0) is 37.0. The minimum Gasteiger partial charge on any atom is -0.432 e. The van der Waals surface area contributed by atoms with Crippen LogP contribution >= 0.6 is 0 Å². The van der Waals surface area contributed by atoms with Gasteiger partial charge >= 0.3 is 42.2 Å². The van der Waals surface area contributed by atoms with Crippen molar-refractivity contribution >= 4 is 18.0 Å². The van der Waals surface area contributed by atoms with Crippen LogP contribution < -0.4 is 0 Å². The number of ether oxygens (including phenoxy) is 1. The molecule has 0 N–H and O–H groups in total.